The Morgan fingerprint density at radius 1 is 1.20 bits per heavy atom. The van der Waals surface area contributed by atoms with Gasteiger partial charge in [0.15, 0.2) is 9.84 Å². The Balaban J connectivity index is 2.18. The van der Waals surface area contributed by atoms with Crippen molar-refractivity contribution in [1.29, 1.82) is 0 Å². The molecule has 0 unspecified atom stereocenters. The topological polar surface area (TPSA) is 51.4 Å². The highest BCUT2D eigenvalue weighted by atomic mass is 35.5. The first-order valence-electron chi connectivity index (χ1n) is 5.87. The molecule has 4 nitrogen and oxygen atoms in total. The SMILES string of the molecule is CS(=O)(=O)c1ccc(-c2cc(Cl)cn3cncc23)cc1. The minimum atomic E-state index is -3.19. The van der Waals surface area contributed by atoms with Crippen molar-refractivity contribution in [2.75, 3.05) is 6.26 Å². The number of halogens is 1. The van der Waals surface area contributed by atoms with Crippen LogP contribution in [-0.2, 0) is 9.84 Å². The number of hydrogen-bond donors (Lipinski definition) is 0. The van der Waals surface area contributed by atoms with Crippen LogP contribution >= 0.6 is 11.6 Å². The summed E-state index contributed by atoms with van der Waals surface area (Å²) in [6.45, 7) is 0. The van der Waals surface area contributed by atoms with Crippen molar-refractivity contribution in [1.82, 2.24) is 9.38 Å². The first-order valence-corrected chi connectivity index (χ1v) is 8.14. The molecule has 102 valence electrons. The van der Waals surface area contributed by atoms with Gasteiger partial charge in [0.25, 0.3) is 0 Å². The molecule has 6 heteroatoms. The number of imidazole rings is 1. The van der Waals surface area contributed by atoms with E-state index in [1.165, 1.54) is 6.26 Å². The zero-order chi connectivity index (χ0) is 14.3. The van der Waals surface area contributed by atoms with Crippen LogP contribution in [0.2, 0.25) is 5.02 Å². The maximum absolute atomic E-state index is 11.5. The van der Waals surface area contributed by atoms with Crippen molar-refractivity contribution in [3.05, 3.63) is 54.1 Å². The van der Waals surface area contributed by atoms with E-state index in [-0.39, 0.29) is 0 Å². The Bertz CT molecular complexity index is 883. The van der Waals surface area contributed by atoms with Crippen molar-refractivity contribution in [3.8, 4) is 11.1 Å². The number of nitrogens with zero attached hydrogens (tertiary/aromatic N) is 2. The smallest absolute Gasteiger partial charge is 0.175 e. The third-order valence-electron chi connectivity index (χ3n) is 3.08. The molecule has 0 spiro atoms. The molecule has 0 radical (unpaired) electrons. The lowest BCUT2D eigenvalue weighted by Crippen LogP contribution is -1.96. The second-order valence-electron chi connectivity index (χ2n) is 4.55. The van der Waals surface area contributed by atoms with Crippen LogP contribution < -0.4 is 0 Å². The molecule has 0 bridgehead atoms. The van der Waals surface area contributed by atoms with E-state index in [2.05, 4.69) is 4.98 Å². The highest BCUT2D eigenvalue weighted by Crippen LogP contribution is 2.28. The predicted molar refractivity (Wildman–Crippen MR) is 78.7 cm³/mol. The zero-order valence-electron chi connectivity index (χ0n) is 10.6. The average Bonchev–Trinajstić information content (AvgIpc) is 2.85. The number of hydrogen-bond acceptors (Lipinski definition) is 3. The van der Waals surface area contributed by atoms with Gasteiger partial charge >= 0.3 is 0 Å². The maximum Gasteiger partial charge on any atom is 0.175 e. The van der Waals surface area contributed by atoms with E-state index < -0.39 is 9.84 Å². The molecule has 0 aliphatic rings. The van der Waals surface area contributed by atoms with Crippen LogP contribution in [0.15, 0.2) is 53.9 Å². The van der Waals surface area contributed by atoms with Gasteiger partial charge in [0.2, 0.25) is 0 Å². The van der Waals surface area contributed by atoms with Gasteiger partial charge < -0.3 is 4.40 Å². The fraction of sp³-hybridized carbons (Fsp3) is 0.0714. The number of benzene rings is 1. The van der Waals surface area contributed by atoms with Crippen LogP contribution in [0.1, 0.15) is 0 Å². The molecule has 2 aromatic heterocycles. The third-order valence-corrected chi connectivity index (χ3v) is 4.42. The molecule has 0 aliphatic carbocycles. The van der Waals surface area contributed by atoms with Crippen molar-refractivity contribution in [2.45, 2.75) is 4.90 Å². The lowest BCUT2D eigenvalue weighted by Gasteiger charge is -2.07. The van der Waals surface area contributed by atoms with E-state index in [9.17, 15) is 8.42 Å². The number of fused-ring (bicyclic) bond motifs is 1. The van der Waals surface area contributed by atoms with E-state index >= 15 is 0 Å². The monoisotopic (exact) mass is 306 g/mol. The summed E-state index contributed by atoms with van der Waals surface area (Å²) in [4.78, 5) is 4.39. The number of aromatic nitrogens is 2. The molecule has 2 heterocycles. The molecule has 0 atom stereocenters. The number of pyridine rings is 1. The zero-order valence-corrected chi connectivity index (χ0v) is 12.2. The maximum atomic E-state index is 11.5. The van der Waals surface area contributed by atoms with Gasteiger partial charge in [0, 0.05) is 18.0 Å². The molecule has 3 rings (SSSR count). The molecular formula is C14H11ClN2O2S. The summed E-state index contributed by atoms with van der Waals surface area (Å²) >= 11 is 6.09. The minimum Gasteiger partial charge on any atom is -0.304 e. The Kier molecular flexibility index (Phi) is 3.03. The van der Waals surface area contributed by atoms with Gasteiger partial charge in [-0.25, -0.2) is 13.4 Å². The van der Waals surface area contributed by atoms with Crippen molar-refractivity contribution < 1.29 is 8.42 Å². The van der Waals surface area contributed by atoms with E-state index in [0.717, 1.165) is 16.6 Å². The van der Waals surface area contributed by atoms with Gasteiger partial charge in [0.05, 0.1) is 28.0 Å². The lowest BCUT2D eigenvalue weighted by atomic mass is 10.1. The van der Waals surface area contributed by atoms with Gasteiger partial charge in [-0.05, 0) is 23.8 Å². The highest BCUT2D eigenvalue weighted by molar-refractivity contribution is 7.90. The average molecular weight is 307 g/mol. The summed E-state index contributed by atoms with van der Waals surface area (Å²) in [7, 11) is -3.19. The predicted octanol–water partition coefficient (Wildman–Crippen LogP) is 3.06. The van der Waals surface area contributed by atoms with Crippen molar-refractivity contribution in [2.24, 2.45) is 0 Å². The van der Waals surface area contributed by atoms with Crippen LogP contribution in [-0.4, -0.2) is 24.1 Å². The molecule has 0 saturated carbocycles. The summed E-state index contributed by atoms with van der Waals surface area (Å²) < 4.78 is 24.8. The third kappa shape index (κ3) is 2.30. The normalized spacial score (nSPS) is 11.9. The Labute approximate surface area is 121 Å². The lowest BCUT2D eigenvalue weighted by molar-refractivity contribution is 0.602. The van der Waals surface area contributed by atoms with Crippen molar-refractivity contribution in [3.63, 3.8) is 0 Å². The summed E-state index contributed by atoms with van der Waals surface area (Å²) in [5.41, 5.74) is 2.72. The van der Waals surface area contributed by atoms with Crippen molar-refractivity contribution >= 4 is 27.0 Å². The standard InChI is InChI=1S/C14H11ClN2O2S/c1-20(18,19)12-4-2-10(3-5-12)13-6-11(15)8-17-9-16-7-14(13)17/h2-9H,1H3. The molecular weight excluding hydrogens is 296 g/mol. The molecule has 0 aliphatic heterocycles. The first-order chi connectivity index (χ1) is 9.45. The van der Waals surface area contributed by atoms with Gasteiger partial charge in [-0.3, -0.25) is 0 Å². The van der Waals surface area contributed by atoms with Crippen LogP contribution in [0.4, 0.5) is 0 Å². The Hall–Kier alpha value is -1.85. The summed E-state index contributed by atoms with van der Waals surface area (Å²) in [6, 6.07) is 8.58. The molecule has 0 N–H and O–H groups in total. The summed E-state index contributed by atoms with van der Waals surface area (Å²) in [5, 5.41) is 0.595. The number of rotatable bonds is 2. The van der Waals surface area contributed by atoms with Gasteiger partial charge in [-0.1, -0.05) is 23.7 Å². The van der Waals surface area contributed by atoms with Crippen LogP contribution in [0.3, 0.4) is 0 Å². The number of sulfone groups is 1. The molecule has 0 amide bonds. The van der Waals surface area contributed by atoms with Gasteiger partial charge in [-0.2, -0.15) is 0 Å². The second-order valence-corrected chi connectivity index (χ2v) is 7.01. The van der Waals surface area contributed by atoms with Crippen LogP contribution in [0.25, 0.3) is 16.6 Å². The Morgan fingerprint density at radius 3 is 2.55 bits per heavy atom. The fourth-order valence-corrected chi connectivity index (χ4v) is 2.96. The second kappa shape index (κ2) is 4.61. The van der Waals surface area contributed by atoms with Crippen LogP contribution in [0.5, 0.6) is 0 Å². The molecule has 0 saturated heterocycles. The summed E-state index contributed by atoms with van der Waals surface area (Å²) in [6.07, 6.45) is 6.39. The van der Waals surface area contributed by atoms with Gasteiger partial charge in [0.1, 0.15) is 0 Å². The largest absolute Gasteiger partial charge is 0.304 e. The molecule has 1 aromatic carbocycles. The van der Waals surface area contributed by atoms with E-state index in [4.69, 9.17) is 11.6 Å². The van der Waals surface area contributed by atoms with Crippen LogP contribution in [0, 0.1) is 0 Å². The molecule has 3 aromatic rings. The highest BCUT2D eigenvalue weighted by Gasteiger charge is 2.10. The fourth-order valence-electron chi connectivity index (χ4n) is 2.11. The van der Waals surface area contributed by atoms with E-state index in [1.54, 1.807) is 43.0 Å². The summed E-state index contributed by atoms with van der Waals surface area (Å²) in [5.74, 6) is 0. The van der Waals surface area contributed by atoms with E-state index in [0.29, 0.717) is 9.92 Å². The molecule has 20 heavy (non-hydrogen) atoms. The molecule has 0 fully saturated rings. The quantitative estimate of drug-likeness (QED) is 0.731. The Morgan fingerprint density at radius 2 is 1.90 bits per heavy atom. The first kappa shape index (κ1) is 13.1. The van der Waals surface area contributed by atoms with E-state index in [1.807, 2.05) is 10.5 Å². The minimum absolute atomic E-state index is 0.299. The van der Waals surface area contributed by atoms with Gasteiger partial charge in [-0.15, -0.1) is 0 Å².